The number of unbranched alkanes of at least 4 members (excludes halogenated alkanes) is 1. The molecule has 102 valence electrons. The summed E-state index contributed by atoms with van der Waals surface area (Å²) in [5.41, 5.74) is 0.139. The van der Waals surface area contributed by atoms with Crippen LogP contribution in [0.3, 0.4) is 0 Å². The van der Waals surface area contributed by atoms with Crippen molar-refractivity contribution in [2.45, 2.75) is 52.4 Å². The molecular formula is C18H30. The van der Waals surface area contributed by atoms with Crippen LogP contribution in [0.15, 0.2) is 50.1 Å². The van der Waals surface area contributed by atoms with Gasteiger partial charge in [0.1, 0.15) is 0 Å². The third-order valence-corrected chi connectivity index (χ3v) is 3.80. The molecule has 1 saturated carbocycles. The van der Waals surface area contributed by atoms with E-state index in [2.05, 4.69) is 51.8 Å². The molecule has 0 N–H and O–H groups in total. The first kappa shape index (κ1) is 17.0. The van der Waals surface area contributed by atoms with Gasteiger partial charge in [0.25, 0.3) is 0 Å². The Bertz CT molecular complexity index is 262. The predicted molar refractivity (Wildman–Crippen MR) is 84.7 cm³/mol. The molecule has 1 aliphatic rings. The molecule has 0 amide bonds. The van der Waals surface area contributed by atoms with Crippen LogP contribution in [-0.2, 0) is 0 Å². The van der Waals surface area contributed by atoms with Crippen molar-refractivity contribution in [1.29, 1.82) is 0 Å². The van der Waals surface area contributed by atoms with E-state index in [1.165, 1.54) is 38.5 Å². The average Bonchev–Trinajstić information content (AvgIpc) is 2.45. The number of hydrogen-bond acceptors (Lipinski definition) is 0. The van der Waals surface area contributed by atoms with Crippen molar-refractivity contribution < 1.29 is 0 Å². The van der Waals surface area contributed by atoms with Crippen molar-refractivity contribution in [1.82, 2.24) is 0 Å². The van der Waals surface area contributed by atoms with E-state index >= 15 is 0 Å². The lowest BCUT2D eigenvalue weighted by Crippen LogP contribution is -2.28. The van der Waals surface area contributed by atoms with E-state index in [-0.39, 0.29) is 5.41 Å². The highest BCUT2D eigenvalue weighted by atomic mass is 14.4. The first-order valence-electron chi connectivity index (χ1n) is 7.21. The summed E-state index contributed by atoms with van der Waals surface area (Å²) in [6.07, 6.45) is 18.0. The molecule has 0 saturated heterocycles. The Labute approximate surface area is 114 Å². The number of hydrogen-bond donors (Lipinski definition) is 0. The second kappa shape index (κ2) is 9.94. The topological polar surface area (TPSA) is 0 Å². The number of rotatable bonds is 5. The molecule has 0 radical (unpaired) electrons. The van der Waals surface area contributed by atoms with Crippen molar-refractivity contribution in [2.75, 3.05) is 0 Å². The zero-order chi connectivity index (χ0) is 13.9. The minimum absolute atomic E-state index is 0.139. The molecule has 1 rings (SSSR count). The van der Waals surface area contributed by atoms with Crippen LogP contribution in [0, 0.1) is 11.3 Å². The fourth-order valence-corrected chi connectivity index (χ4v) is 2.51. The number of allylic oxidation sites excluding steroid dienone is 5. The summed E-state index contributed by atoms with van der Waals surface area (Å²) in [7, 11) is 0. The molecule has 1 atom stereocenters. The normalized spacial score (nSPS) is 21.8. The first-order chi connectivity index (χ1) is 8.70. The zero-order valence-electron chi connectivity index (χ0n) is 12.3. The van der Waals surface area contributed by atoms with Crippen molar-refractivity contribution in [3.05, 3.63) is 50.1 Å². The molecule has 0 bridgehead atoms. The summed E-state index contributed by atoms with van der Waals surface area (Å²) >= 11 is 0. The Morgan fingerprint density at radius 1 is 1.17 bits per heavy atom. The Hall–Kier alpha value is -1.04. The highest BCUT2D eigenvalue weighted by molar-refractivity contribution is 5.14. The zero-order valence-corrected chi connectivity index (χ0v) is 12.3. The minimum atomic E-state index is 0.139. The SMILES string of the molecule is C/C=C/CCC.C=CC1CCCCC1(C=C)C=C. The van der Waals surface area contributed by atoms with Crippen LogP contribution in [0.5, 0.6) is 0 Å². The Balaban J connectivity index is 0.000000411. The highest BCUT2D eigenvalue weighted by Crippen LogP contribution is 2.43. The molecule has 0 nitrogen and oxygen atoms in total. The summed E-state index contributed by atoms with van der Waals surface area (Å²) in [5, 5.41) is 0. The fourth-order valence-electron chi connectivity index (χ4n) is 2.51. The van der Waals surface area contributed by atoms with Gasteiger partial charge < -0.3 is 0 Å². The summed E-state index contributed by atoms with van der Waals surface area (Å²) in [5.74, 6) is 0.557. The largest absolute Gasteiger partial charge is 0.103 e. The fraction of sp³-hybridized carbons (Fsp3) is 0.556. The Kier molecular flexibility index (Phi) is 9.36. The van der Waals surface area contributed by atoms with Crippen LogP contribution < -0.4 is 0 Å². The molecule has 0 aromatic rings. The maximum atomic E-state index is 3.91. The van der Waals surface area contributed by atoms with Gasteiger partial charge in [0.05, 0.1) is 0 Å². The third kappa shape index (κ3) is 5.08. The molecule has 0 heteroatoms. The first-order valence-corrected chi connectivity index (χ1v) is 7.21. The van der Waals surface area contributed by atoms with Gasteiger partial charge in [-0.15, -0.1) is 19.7 Å². The molecule has 1 fully saturated rings. The van der Waals surface area contributed by atoms with Gasteiger partial charge in [-0.3, -0.25) is 0 Å². The van der Waals surface area contributed by atoms with Crippen LogP contribution in [-0.4, -0.2) is 0 Å². The van der Waals surface area contributed by atoms with E-state index in [1.807, 2.05) is 12.2 Å². The Morgan fingerprint density at radius 3 is 2.17 bits per heavy atom. The predicted octanol–water partition coefficient (Wildman–Crippen LogP) is 6.08. The van der Waals surface area contributed by atoms with E-state index in [1.54, 1.807) is 0 Å². The second-order valence-electron chi connectivity index (χ2n) is 4.97. The summed E-state index contributed by atoms with van der Waals surface area (Å²) < 4.78 is 0. The van der Waals surface area contributed by atoms with Gasteiger partial charge in [-0.25, -0.2) is 0 Å². The monoisotopic (exact) mass is 246 g/mol. The molecule has 0 heterocycles. The maximum absolute atomic E-state index is 3.91. The molecule has 0 aromatic carbocycles. The van der Waals surface area contributed by atoms with E-state index in [0.29, 0.717) is 5.92 Å². The highest BCUT2D eigenvalue weighted by Gasteiger charge is 2.33. The lowest BCUT2D eigenvalue weighted by atomic mass is 9.66. The smallest absolute Gasteiger partial charge is 0.0118 e. The van der Waals surface area contributed by atoms with Crippen LogP contribution in [0.2, 0.25) is 0 Å². The Morgan fingerprint density at radius 2 is 1.83 bits per heavy atom. The van der Waals surface area contributed by atoms with Crippen LogP contribution in [0.25, 0.3) is 0 Å². The van der Waals surface area contributed by atoms with E-state index in [0.717, 1.165) is 0 Å². The molecule has 1 unspecified atom stereocenters. The van der Waals surface area contributed by atoms with Gasteiger partial charge in [0.2, 0.25) is 0 Å². The molecule has 18 heavy (non-hydrogen) atoms. The van der Waals surface area contributed by atoms with E-state index < -0.39 is 0 Å². The molecule has 1 aliphatic carbocycles. The molecule has 0 aliphatic heterocycles. The van der Waals surface area contributed by atoms with Crippen molar-refractivity contribution in [3.8, 4) is 0 Å². The lowest BCUT2D eigenvalue weighted by Gasteiger charge is -2.38. The molecule has 0 aromatic heterocycles. The van der Waals surface area contributed by atoms with Gasteiger partial charge in [-0.2, -0.15) is 0 Å². The molecular weight excluding hydrogens is 216 g/mol. The summed E-state index contributed by atoms with van der Waals surface area (Å²) in [6.45, 7) is 15.9. The third-order valence-electron chi connectivity index (χ3n) is 3.80. The summed E-state index contributed by atoms with van der Waals surface area (Å²) in [4.78, 5) is 0. The van der Waals surface area contributed by atoms with Crippen LogP contribution in [0.4, 0.5) is 0 Å². The quantitative estimate of drug-likeness (QED) is 0.515. The van der Waals surface area contributed by atoms with Crippen molar-refractivity contribution in [3.63, 3.8) is 0 Å². The molecule has 0 spiro atoms. The van der Waals surface area contributed by atoms with Crippen LogP contribution in [0.1, 0.15) is 52.4 Å². The second-order valence-corrected chi connectivity index (χ2v) is 4.97. The van der Waals surface area contributed by atoms with Gasteiger partial charge in [0.15, 0.2) is 0 Å². The maximum Gasteiger partial charge on any atom is 0.0118 e. The van der Waals surface area contributed by atoms with Gasteiger partial charge in [0, 0.05) is 5.41 Å². The van der Waals surface area contributed by atoms with E-state index in [9.17, 15) is 0 Å². The van der Waals surface area contributed by atoms with Gasteiger partial charge in [-0.05, 0) is 32.1 Å². The van der Waals surface area contributed by atoms with Crippen molar-refractivity contribution >= 4 is 0 Å². The summed E-state index contributed by atoms with van der Waals surface area (Å²) in [6, 6.07) is 0. The minimum Gasteiger partial charge on any atom is -0.103 e. The van der Waals surface area contributed by atoms with Crippen molar-refractivity contribution in [2.24, 2.45) is 11.3 Å². The van der Waals surface area contributed by atoms with Gasteiger partial charge >= 0.3 is 0 Å². The van der Waals surface area contributed by atoms with E-state index in [4.69, 9.17) is 0 Å². The lowest BCUT2D eigenvalue weighted by molar-refractivity contribution is 0.252. The standard InChI is InChI=1S/C12H18.C6H12/c1-4-11-9-7-8-10-12(11,5-2)6-3;1-3-5-6-4-2/h4-6,11H,1-3,7-10H2;3,5H,4,6H2,1-2H3/b;5-3+. The van der Waals surface area contributed by atoms with Gasteiger partial charge in [-0.1, -0.05) is 56.6 Å². The average molecular weight is 246 g/mol. The van der Waals surface area contributed by atoms with Crippen LogP contribution >= 0.6 is 0 Å².